The second-order valence-corrected chi connectivity index (χ2v) is 5.93. The van der Waals surface area contributed by atoms with E-state index < -0.39 is 0 Å². The standard InChI is InChI=1S/C16H22N4O3/c1-12-2-4-14(5-3-12)20-11-13(10-15(20)21)17-16(22)18-19-6-8-23-9-7-19/h2-5,13H,6-11H2,1H3,(H2,17,18,22)/t13-/m0/s1. The molecule has 0 bridgehead atoms. The molecule has 124 valence electrons. The van der Waals surface area contributed by atoms with Crippen molar-refractivity contribution in [2.75, 3.05) is 37.7 Å². The molecule has 2 heterocycles. The van der Waals surface area contributed by atoms with Gasteiger partial charge in [0.2, 0.25) is 5.91 Å². The van der Waals surface area contributed by atoms with Crippen LogP contribution in [-0.2, 0) is 9.53 Å². The van der Waals surface area contributed by atoms with E-state index >= 15 is 0 Å². The molecule has 0 radical (unpaired) electrons. The number of anilines is 1. The minimum atomic E-state index is -0.268. The molecule has 0 unspecified atom stereocenters. The number of benzene rings is 1. The molecule has 1 atom stereocenters. The second kappa shape index (κ2) is 6.97. The van der Waals surface area contributed by atoms with Crippen LogP contribution in [-0.4, -0.2) is 55.8 Å². The number of amides is 3. The summed E-state index contributed by atoms with van der Waals surface area (Å²) < 4.78 is 5.24. The average molecular weight is 318 g/mol. The zero-order valence-corrected chi connectivity index (χ0v) is 13.2. The van der Waals surface area contributed by atoms with E-state index in [-0.39, 0.29) is 18.0 Å². The minimum absolute atomic E-state index is 0.0329. The first-order valence-electron chi connectivity index (χ1n) is 7.89. The third-order valence-electron chi connectivity index (χ3n) is 4.08. The minimum Gasteiger partial charge on any atom is -0.379 e. The molecule has 2 saturated heterocycles. The van der Waals surface area contributed by atoms with Gasteiger partial charge in [0, 0.05) is 31.7 Å². The van der Waals surface area contributed by atoms with Crippen LogP contribution in [0.4, 0.5) is 10.5 Å². The summed E-state index contributed by atoms with van der Waals surface area (Å²) in [4.78, 5) is 25.9. The number of carbonyl (C=O) groups is 2. The van der Waals surface area contributed by atoms with Crippen LogP contribution >= 0.6 is 0 Å². The monoisotopic (exact) mass is 318 g/mol. The normalized spacial score (nSPS) is 22.2. The Kier molecular flexibility index (Phi) is 4.78. The van der Waals surface area contributed by atoms with Gasteiger partial charge >= 0.3 is 6.03 Å². The van der Waals surface area contributed by atoms with Crippen molar-refractivity contribution < 1.29 is 14.3 Å². The molecule has 7 heteroatoms. The second-order valence-electron chi connectivity index (χ2n) is 5.93. The molecule has 2 fully saturated rings. The quantitative estimate of drug-likeness (QED) is 0.858. The molecular weight excluding hydrogens is 296 g/mol. The highest BCUT2D eigenvalue weighted by atomic mass is 16.5. The summed E-state index contributed by atoms with van der Waals surface area (Å²) >= 11 is 0. The number of carbonyl (C=O) groups excluding carboxylic acids is 2. The maximum Gasteiger partial charge on any atom is 0.329 e. The summed E-state index contributed by atoms with van der Waals surface area (Å²) in [6.45, 7) is 5.08. The van der Waals surface area contributed by atoms with Gasteiger partial charge in [-0.05, 0) is 19.1 Å². The van der Waals surface area contributed by atoms with Crippen LogP contribution in [0, 0.1) is 6.92 Å². The molecule has 0 saturated carbocycles. The van der Waals surface area contributed by atoms with Gasteiger partial charge in [-0.15, -0.1) is 0 Å². The first kappa shape index (κ1) is 15.8. The Morgan fingerprint density at radius 2 is 1.91 bits per heavy atom. The lowest BCUT2D eigenvalue weighted by Crippen LogP contribution is -2.53. The largest absolute Gasteiger partial charge is 0.379 e. The van der Waals surface area contributed by atoms with Crippen molar-refractivity contribution in [1.29, 1.82) is 0 Å². The molecule has 7 nitrogen and oxygen atoms in total. The molecule has 2 aliphatic heterocycles. The van der Waals surface area contributed by atoms with Gasteiger partial charge in [-0.1, -0.05) is 17.7 Å². The number of nitrogens with zero attached hydrogens (tertiary/aromatic N) is 2. The summed E-state index contributed by atoms with van der Waals surface area (Å²) in [6, 6.07) is 7.39. The molecule has 1 aromatic carbocycles. The maximum atomic E-state index is 12.2. The summed E-state index contributed by atoms with van der Waals surface area (Å²) in [5.41, 5.74) is 4.82. The molecule has 2 aliphatic rings. The van der Waals surface area contributed by atoms with Crippen molar-refractivity contribution in [3.63, 3.8) is 0 Å². The SMILES string of the molecule is Cc1ccc(N2C[C@@H](NC(=O)NN3CCOCC3)CC2=O)cc1. The van der Waals surface area contributed by atoms with Crippen molar-refractivity contribution >= 4 is 17.6 Å². The summed E-state index contributed by atoms with van der Waals surface area (Å²) in [7, 11) is 0. The third kappa shape index (κ3) is 4.00. The molecule has 2 N–H and O–H groups in total. The predicted molar refractivity (Wildman–Crippen MR) is 86.0 cm³/mol. The Balaban J connectivity index is 1.52. The van der Waals surface area contributed by atoms with E-state index in [0.717, 1.165) is 11.3 Å². The van der Waals surface area contributed by atoms with Crippen LogP contribution in [0.25, 0.3) is 0 Å². The van der Waals surface area contributed by atoms with Crippen molar-refractivity contribution in [3.8, 4) is 0 Å². The van der Waals surface area contributed by atoms with Gasteiger partial charge in [-0.2, -0.15) is 0 Å². The Labute approximate surface area is 135 Å². The Bertz CT molecular complexity index is 569. The van der Waals surface area contributed by atoms with Crippen molar-refractivity contribution in [2.24, 2.45) is 0 Å². The van der Waals surface area contributed by atoms with E-state index in [1.165, 1.54) is 0 Å². The third-order valence-corrected chi connectivity index (χ3v) is 4.08. The highest BCUT2D eigenvalue weighted by Gasteiger charge is 2.31. The lowest BCUT2D eigenvalue weighted by Gasteiger charge is -2.27. The fraction of sp³-hybridized carbons (Fsp3) is 0.500. The lowest BCUT2D eigenvalue weighted by atomic mass is 10.2. The Morgan fingerprint density at radius 1 is 1.22 bits per heavy atom. The molecule has 3 amide bonds. The van der Waals surface area contributed by atoms with E-state index in [0.29, 0.717) is 39.3 Å². The maximum absolute atomic E-state index is 12.2. The van der Waals surface area contributed by atoms with Crippen LogP contribution in [0.1, 0.15) is 12.0 Å². The highest BCUT2D eigenvalue weighted by molar-refractivity contribution is 5.96. The van der Waals surface area contributed by atoms with Crippen LogP contribution in [0.3, 0.4) is 0 Å². The molecule has 0 aromatic heterocycles. The number of morpholine rings is 1. The van der Waals surface area contributed by atoms with E-state index in [1.807, 2.05) is 36.2 Å². The topological polar surface area (TPSA) is 73.9 Å². The van der Waals surface area contributed by atoms with Crippen LogP contribution in [0.2, 0.25) is 0 Å². The first-order chi connectivity index (χ1) is 11.1. The average Bonchev–Trinajstić information content (AvgIpc) is 2.89. The van der Waals surface area contributed by atoms with Crippen LogP contribution in [0.15, 0.2) is 24.3 Å². The van der Waals surface area contributed by atoms with Crippen LogP contribution in [0.5, 0.6) is 0 Å². The first-order valence-corrected chi connectivity index (χ1v) is 7.89. The van der Waals surface area contributed by atoms with Crippen molar-refractivity contribution in [3.05, 3.63) is 29.8 Å². The molecule has 0 spiro atoms. The highest BCUT2D eigenvalue weighted by Crippen LogP contribution is 2.21. The summed E-state index contributed by atoms with van der Waals surface area (Å²) in [6.07, 6.45) is 0.324. The number of nitrogens with one attached hydrogen (secondary N) is 2. The molecule has 23 heavy (non-hydrogen) atoms. The number of aryl methyl sites for hydroxylation is 1. The zero-order valence-electron chi connectivity index (χ0n) is 13.2. The number of hydrazine groups is 1. The molecule has 0 aliphatic carbocycles. The number of urea groups is 1. The van der Waals surface area contributed by atoms with Gasteiger partial charge in [0.25, 0.3) is 0 Å². The summed E-state index contributed by atoms with van der Waals surface area (Å²) in [5, 5.41) is 4.70. The fourth-order valence-electron chi connectivity index (χ4n) is 2.81. The van der Waals surface area contributed by atoms with Crippen molar-refractivity contribution in [2.45, 2.75) is 19.4 Å². The fourth-order valence-corrected chi connectivity index (χ4v) is 2.81. The summed E-state index contributed by atoms with van der Waals surface area (Å²) in [5.74, 6) is 0.0329. The van der Waals surface area contributed by atoms with Gasteiger partial charge in [-0.3, -0.25) is 10.2 Å². The number of hydrogen-bond acceptors (Lipinski definition) is 4. The van der Waals surface area contributed by atoms with Crippen molar-refractivity contribution in [1.82, 2.24) is 15.8 Å². The van der Waals surface area contributed by atoms with Gasteiger partial charge in [0.15, 0.2) is 0 Å². The smallest absolute Gasteiger partial charge is 0.329 e. The molecule has 3 rings (SSSR count). The number of ether oxygens (including phenoxy) is 1. The molecular formula is C16H22N4O3. The van der Waals surface area contributed by atoms with E-state index in [4.69, 9.17) is 4.74 Å². The van der Waals surface area contributed by atoms with Gasteiger partial charge in [-0.25, -0.2) is 9.80 Å². The number of rotatable bonds is 3. The van der Waals surface area contributed by atoms with Gasteiger partial charge < -0.3 is 15.0 Å². The predicted octanol–water partition coefficient (Wildman–Crippen LogP) is 0.647. The van der Waals surface area contributed by atoms with E-state index in [1.54, 1.807) is 4.90 Å². The van der Waals surface area contributed by atoms with E-state index in [9.17, 15) is 9.59 Å². The lowest BCUT2D eigenvalue weighted by molar-refractivity contribution is -0.117. The Morgan fingerprint density at radius 3 is 2.61 bits per heavy atom. The number of hydrogen-bond donors (Lipinski definition) is 2. The molecule has 1 aromatic rings. The van der Waals surface area contributed by atoms with Gasteiger partial charge in [0.1, 0.15) is 0 Å². The van der Waals surface area contributed by atoms with Crippen LogP contribution < -0.4 is 15.6 Å². The van der Waals surface area contributed by atoms with Gasteiger partial charge in [0.05, 0.1) is 19.3 Å². The Hall–Kier alpha value is -2.12. The van der Waals surface area contributed by atoms with E-state index in [2.05, 4.69) is 10.7 Å². The zero-order chi connectivity index (χ0) is 16.2.